The fourth-order valence-corrected chi connectivity index (χ4v) is 3.85. The lowest BCUT2D eigenvalue weighted by molar-refractivity contribution is -0.0572. The average molecular weight is 490 g/mol. The Bertz CT molecular complexity index is 882. The Morgan fingerprint density at radius 1 is 0.943 bits per heavy atom. The van der Waals surface area contributed by atoms with E-state index >= 15 is 0 Å². The summed E-state index contributed by atoms with van der Waals surface area (Å²) >= 11 is 0. The standard InChI is InChI=1S/C25H39N5O5/c1-24(2,3)33-22(31)29-14-12-28(13-15-30(29)23(32)34-25(4,5)6)19-10-8-18(9-11-19)21-16-20(17-26-7)35-27-21/h8-11,20,26H,12-17H2,1-7H3. The molecule has 1 fully saturated rings. The molecule has 0 radical (unpaired) electrons. The fraction of sp³-hybridized carbons (Fsp3) is 0.640. The van der Waals surface area contributed by atoms with E-state index in [2.05, 4.69) is 15.4 Å². The zero-order chi connectivity index (χ0) is 25.8. The van der Waals surface area contributed by atoms with Crippen LogP contribution in [0.25, 0.3) is 0 Å². The Morgan fingerprint density at radius 2 is 1.46 bits per heavy atom. The van der Waals surface area contributed by atoms with E-state index in [9.17, 15) is 9.59 Å². The van der Waals surface area contributed by atoms with Gasteiger partial charge in [0.05, 0.1) is 18.8 Å². The Hall–Kier alpha value is -3.01. The van der Waals surface area contributed by atoms with Gasteiger partial charge in [-0.15, -0.1) is 0 Å². The van der Waals surface area contributed by atoms with Gasteiger partial charge in [-0.25, -0.2) is 19.6 Å². The van der Waals surface area contributed by atoms with Gasteiger partial charge in [0, 0.05) is 31.7 Å². The zero-order valence-corrected chi connectivity index (χ0v) is 22.0. The van der Waals surface area contributed by atoms with Crippen LogP contribution in [0, 0.1) is 0 Å². The highest BCUT2D eigenvalue weighted by Crippen LogP contribution is 2.23. The molecule has 2 amide bonds. The molecule has 0 spiro atoms. The lowest BCUT2D eigenvalue weighted by Crippen LogP contribution is -2.53. The molecule has 2 aliphatic heterocycles. The molecule has 1 saturated heterocycles. The first kappa shape index (κ1) is 26.6. The van der Waals surface area contributed by atoms with Crippen LogP contribution in [0.2, 0.25) is 0 Å². The molecule has 1 N–H and O–H groups in total. The van der Waals surface area contributed by atoms with E-state index in [0.29, 0.717) is 13.1 Å². The number of hydrogen-bond acceptors (Lipinski definition) is 8. The van der Waals surface area contributed by atoms with E-state index in [0.717, 1.165) is 29.9 Å². The zero-order valence-electron chi connectivity index (χ0n) is 22.0. The maximum absolute atomic E-state index is 13.0. The number of rotatable bonds is 4. The SMILES string of the molecule is CNCC1CC(c2ccc(N3CCN(C(=O)OC(C)(C)C)N(C(=O)OC(C)(C)C)CC3)cc2)=NO1. The number of ether oxygens (including phenoxy) is 2. The molecule has 35 heavy (non-hydrogen) atoms. The van der Waals surface area contributed by atoms with E-state index in [1.54, 1.807) is 41.5 Å². The number of hydrazine groups is 1. The first-order valence-electron chi connectivity index (χ1n) is 12.1. The first-order chi connectivity index (χ1) is 16.4. The van der Waals surface area contributed by atoms with Crippen molar-refractivity contribution in [2.75, 3.05) is 44.7 Å². The summed E-state index contributed by atoms with van der Waals surface area (Å²) < 4.78 is 11.1. The van der Waals surface area contributed by atoms with Gasteiger partial charge in [0.25, 0.3) is 0 Å². The second-order valence-electron chi connectivity index (χ2n) is 10.8. The van der Waals surface area contributed by atoms with Gasteiger partial charge >= 0.3 is 12.2 Å². The minimum absolute atomic E-state index is 0.0537. The van der Waals surface area contributed by atoms with Gasteiger partial charge in [-0.2, -0.15) is 0 Å². The summed E-state index contributed by atoms with van der Waals surface area (Å²) in [5.74, 6) is 0. The van der Waals surface area contributed by atoms with Crippen molar-refractivity contribution in [3.05, 3.63) is 29.8 Å². The Labute approximate surface area is 208 Å². The largest absolute Gasteiger partial charge is 0.442 e. The molecular formula is C25H39N5O5. The summed E-state index contributed by atoms with van der Waals surface area (Å²) in [6.07, 6.45) is -0.329. The van der Waals surface area contributed by atoms with E-state index in [1.807, 2.05) is 31.3 Å². The topological polar surface area (TPSA) is 95.9 Å². The van der Waals surface area contributed by atoms with E-state index < -0.39 is 23.4 Å². The highest BCUT2D eigenvalue weighted by Gasteiger charge is 2.35. The van der Waals surface area contributed by atoms with Crippen LogP contribution in [0.4, 0.5) is 15.3 Å². The maximum atomic E-state index is 13.0. The lowest BCUT2D eigenvalue weighted by atomic mass is 10.0. The molecule has 1 atom stereocenters. The highest BCUT2D eigenvalue weighted by atomic mass is 16.6. The molecule has 10 nitrogen and oxygen atoms in total. The number of nitrogens with zero attached hydrogens (tertiary/aromatic N) is 4. The van der Waals surface area contributed by atoms with Gasteiger partial charge in [0.15, 0.2) is 0 Å². The van der Waals surface area contributed by atoms with Gasteiger partial charge in [-0.1, -0.05) is 17.3 Å². The first-order valence-corrected chi connectivity index (χ1v) is 12.1. The molecule has 1 aromatic rings. The summed E-state index contributed by atoms with van der Waals surface area (Å²) in [6, 6.07) is 8.12. The third-order valence-electron chi connectivity index (χ3n) is 5.39. The van der Waals surface area contributed by atoms with Crippen LogP contribution in [0.1, 0.15) is 53.5 Å². The molecular weight excluding hydrogens is 450 g/mol. The minimum Gasteiger partial charge on any atom is -0.442 e. The molecule has 1 unspecified atom stereocenters. The smallest absolute Gasteiger partial charge is 0.429 e. The Balaban J connectivity index is 1.73. The van der Waals surface area contributed by atoms with Crippen molar-refractivity contribution >= 4 is 23.6 Å². The van der Waals surface area contributed by atoms with Gasteiger partial charge in [-0.3, -0.25) is 0 Å². The van der Waals surface area contributed by atoms with Crippen LogP contribution in [0.15, 0.2) is 29.4 Å². The molecule has 194 valence electrons. The van der Waals surface area contributed by atoms with Crippen LogP contribution in [0.3, 0.4) is 0 Å². The molecule has 0 saturated carbocycles. The third-order valence-corrected chi connectivity index (χ3v) is 5.39. The monoisotopic (exact) mass is 489 g/mol. The van der Waals surface area contributed by atoms with E-state index in [1.165, 1.54) is 10.0 Å². The predicted molar refractivity (Wildman–Crippen MR) is 134 cm³/mol. The Kier molecular flexibility index (Phi) is 8.15. The number of carbonyl (C=O) groups is 2. The molecule has 0 aliphatic carbocycles. The molecule has 3 rings (SSSR count). The number of carbonyl (C=O) groups excluding carboxylic acids is 2. The number of amides is 2. The summed E-state index contributed by atoms with van der Waals surface area (Å²) in [6.45, 7) is 13.2. The molecule has 0 aromatic heterocycles. The molecule has 2 aliphatic rings. The third kappa shape index (κ3) is 7.48. The lowest BCUT2D eigenvalue weighted by Gasteiger charge is -2.35. The summed E-state index contributed by atoms with van der Waals surface area (Å²) in [4.78, 5) is 33.5. The second-order valence-corrected chi connectivity index (χ2v) is 10.8. The highest BCUT2D eigenvalue weighted by molar-refractivity contribution is 6.01. The summed E-state index contributed by atoms with van der Waals surface area (Å²) in [5.41, 5.74) is 1.58. The minimum atomic E-state index is -0.683. The molecule has 10 heteroatoms. The molecule has 1 aromatic carbocycles. The van der Waals surface area contributed by atoms with Gasteiger partial charge in [0.1, 0.15) is 17.3 Å². The van der Waals surface area contributed by atoms with Crippen LogP contribution < -0.4 is 10.2 Å². The van der Waals surface area contributed by atoms with Crippen molar-refractivity contribution in [3.8, 4) is 0 Å². The van der Waals surface area contributed by atoms with Crippen molar-refractivity contribution in [2.45, 2.75) is 65.3 Å². The number of nitrogens with one attached hydrogen (secondary N) is 1. The van der Waals surface area contributed by atoms with Crippen LogP contribution in [-0.2, 0) is 14.3 Å². The van der Waals surface area contributed by atoms with E-state index in [-0.39, 0.29) is 19.2 Å². The van der Waals surface area contributed by atoms with Crippen molar-refractivity contribution in [3.63, 3.8) is 0 Å². The summed E-state index contributed by atoms with van der Waals surface area (Å²) in [7, 11) is 1.89. The van der Waals surface area contributed by atoms with Gasteiger partial charge in [0.2, 0.25) is 0 Å². The number of benzene rings is 1. The summed E-state index contributed by atoms with van der Waals surface area (Å²) in [5, 5.41) is 10.0. The number of likely N-dealkylation sites (N-methyl/N-ethyl adjacent to an activating group) is 1. The van der Waals surface area contributed by atoms with Crippen LogP contribution >= 0.6 is 0 Å². The van der Waals surface area contributed by atoms with Gasteiger partial charge in [-0.05, 0) is 66.3 Å². The maximum Gasteiger partial charge on any atom is 0.429 e. The van der Waals surface area contributed by atoms with Crippen LogP contribution in [0.5, 0.6) is 0 Å². The molecule has 2 heterocycles. The van der Waals surface area contributed by atoms with Gasteiger partial charge < -0.3 is 24.5 Å². The number of anilines is 1. The van der Waals surface area contributed by atoms with Crippen molar-refractivity contribution in [2.24, 2.45) is 5.16 Å². The normalized spacial score (nSPS) is 19.1. The number of oxime groups is 1. The average Bonchev–Trinajstić information content (AvgIpc) is 3.08. The second kappa shape index (κ2) is 10.7. The van der Waals surface area contributed by atoms with Crippen molar-refractivity contribution in [1.82, 2.24) is 15.3 Å². The number of hydrogen-bond donors (Lipinski definition) is 1. The quantitative estimate of drug-likeness (QED) is 0.690. The van der Waals surface area contributed by atoms with Crippen molar-refractivity contribution < 1.29 is 23.9 Å². The van der Waals surface area contributed by atoms with Crippen molar-refractivity contribution in [1.29, 1.82) is 0 Å². The Morgan fingerprint density at radius 3 is 1.91 bits per heavy atom. The molecule has 0 bridgehead atoms. The van der Waals surface area contributed by atoms with E-state index in [4.69, 9.17) is 14.3 Å². The predicted octanol–water partition coefficient (Wildman–Crippen LogP) is 3.61. The van der Waals surface area contributed by atoms with Crippen LogP contribution in [-0.4, -0.2) is 85.0 Å². The fourth-order valence-electron chi connectivity index (χ4n) is 3.85.